The standard InChI is InChI=1S/C14H15FN4O2/c1-8-6-10(9-2-4-11(15)5-3-9)7-19(8)13(20)12-16-14(21)18-17-12/h2-5,8,10H,6-7H2,1H3,(H2,16,17,18,21). The number of amides is 1. The van der Waals surface area contributed by atoms with E-state index in [9.17, 15) is 14.0 Å². The van der Waals surface area contributed by atoms with Gasteiger partial charge >= 0.3 is 5.69 Å². The molecule has 7 heteroatoms. The first-order chi connectivity index (χ1) is 10.0. The summed E-state index contributed by atoms with van der Waals surface area (Å²) in [6, 6.07) is 6.38. The van der Waals surface area contributed by atoms with Crippen LogP contribution in [0.25, 0.3) is 0 Å². The van der Waals surface area contributed by atoms with Crippen LogP contribution in [0.1, 0.15) is 35.4 Å². The minimum Gasteiger partial charge on any atom is -0.333 e. The second-order valence-electron chi connectivity index (χ2n) is 5.32. The zero-order valence-electron chi connectivity index (χ0n) is 11.5. The van der Waals surface area contributed by atoms with Gasteiger partial charge in [0.05, 0.1) is 0 Å². The number of carbonyl (C=O) groups is 1. The van der Waals surface area contributed by atoms with Crippen LogP contribution in [0.3, 0.4) is 0 Å². The number of aromatic amines is 2. The van der Waals surface area contributed by atoms with Crippen molar-refractivity contribution in [1.82, 2.24) is 20.1 Å². The Morgan fingerprint density at radius 3 is 2.71 bits per heavy atom. The smallest absolute Gasteiger partial charge is 0.333 e. The number of aromatic nitrogens is 3. The monoisotopic (exact) mass is 290 g/mol. The number of nitrogens with one attached hydrogen (secondary N) is 2. The molecule has 2 aromatic rings. The predicted molar refractivity (Wildman–Crippen MR) is 73.5 cm³/mol. The number of hydrogen-bond acceptors (Lipinski definition) is 3. The Bertz CT molecular complexity index is 706. The van der Waals surface area contributed by atoms with Gasteiger partial charge in [-0.15, -0.1) is 5.10 Å². The molecule has 0 bridgehead atoms. The number of rotatable bonds is 2. The van der Waals surface area contributed by atoms with Crippen molar-refractivity contribution in [2.75, 3.05) is 6.54 Å². The number of likely N-dealkylation sites (tertiary alicyclic amines) is 1. The van der Waals surface area contributed by atoms with E-state index in [1.807, 2.05) is 6.92 Å². The molecule has 1 fully saturated rings. The molecule has 0 spiro atoms. The van der Waals surface area contributed by atoms with Crippen molar-refractivity contribution in [3.63, 3.8) is 0 Å². The van der Waals surface area contributed by atoms with E-state index in [-0.39, 0.29) is 29.5 Å². The van der Waals surface area contributed by atoms with Crippen molar-refractivity contribution in [3.05, 3.63) is 52.0 Å². The number of hydrogen-bond donors (Lipinski definition) is 2. The van der Waals surface area contributed by atoms with Crippen molar-refractivity contribution in [3.8, 4) is 0 Å². The maximum Gasteiger partial charge on any atom is 0.341 e. The van der Waals surface area contributed by atoms with Crippen LogP contribution in [-0.2, 0) is 0 Å². The van der Waals surface area contributed by atoms with Crippen LogP contribution >= 0.6 is 0 Å². The van der Waals surface area contributed by atoms with Gasteiger partial charge in [0.2, 0.25) is 5.82 Å². The molecular weight excluding hydrogens is 275 g/mol. The van der Waals surface area contributed by atoms with Crippen LogP contribution in [0, 0.1) is 5.82 Å². The number of benzene rings is 1. The van der Waals surface area contributed by atoms with Gasteiger partial charge in [-0.1, -0.05) is 12.1 Å². The van der Waals surface area contributed by atoms with E-state index >= 15 is 0 Å². The summed E-state index contributed by atoms with van der Waals surface area (Å²) in [5.41, 5.74) is 0.509. The lowest BCUT2D eigenvalue weighted by Crippen LogP contribution is -2.34. The fourth-order valence-corrected chi connectivity index (χ4v) is 2.80. The summed E-state index contributed by atoms with van der Waals surface area (Å²) in [6.45, 7) is 2.48. The molecule has 1 aliphatic rings. The number of H-pyrrole nitrogens is 2. The second kappa shape index (κ2) is 5.16. The SMILES string of the molecule is CC1CC(c2ccc(F)cc2)CN1C(=O)c1n[nH]c(=O)[nH]1. The van der Waals surface area contributed by atoms with E-state index in [0.29, 0.717) is 6.54 Å². The fourth-order valence-electron chi connectivity index (χ4n) is 2.80. The van der Waals surface area contributed by atoms with Gasteiger partial charge in [0.15, 0.2) is 0 Å². The lowest BCUT2D eigenvalue weighted by Gasteiger charge is -2.19. The van der Waals surface area contributed by atoms with Crippen molar-refractivity contribution in [2.24, 2.45) is 0 Å². The van der Waals surface area contributed by atoms with Crippen LogP contribution in [0.4, 0.5) is 4.39 Å². The highest BCUT2D eigenvalue weighted by Crippen LogP contribution is 2.32. The predicted octanol–water partition coefficient (Wildman–Crippen LogP) is 1.26. The molecule has 1 aromatic carbocycles. The first kappa shape index (κ1) is 13.5. The van der Waals surface area contributed by atoms with E-state index in [4.69, 9.17) is 0 Å². The molecule has 2 N–H and O–H groups in total. The van der Waals surface area contributed by atoms with E-state index < -0.39 is 5.69 Å². The van der Waals surface area contributed by atoms with Gasteiger partial charge in [-0.25, -0.2) is 14.3 Å². The third-order valence-corrected chi connectivity index (χ3v) is 3.88. The lowest BCUT2D eigenvalue weighted by atomic mass is 9.97. The summed E-state index contributed by atoms with van der Waals surface area (Å²) in [5.74, 6) is -0.390. The van der Waals surface area contributed by atoms with Crippen LogP contribution < -0.4 is 5.69 Å². The number of halogens is 1. The van der Waals surface area contributed by atoms with E-state index in [1.54, 1.807) is 17.0 Å². The van der Waals surface area contributed by atoms with Gasteiger partial charge in [-0.2, -0.15) is 0 Å². The van der Waals surface area contributed by atoms with Crippen LogP contribution in [0.15, 0.2) is 29.1 Å². The molecule has 110 valence electrons. The summed E-state index contributed by atoms with van der Waals surface area (Å²) in [6.07, 6.45) is 0.798. The second-order valence-corrected chi connectivity index (χ2v) is 5.32. The first-order valence-corrected chi connectivity index (χ1v) is 6.75. The molecule has 0 aliphatic carbocycles. The molecular formula is C14H15FN4O2. The molecule has 0 saturated carbocycles. The third kappa shape index (κ3) is 2.58. The Kier molecular flexibility index (Phi) is 3.32. The highest BCUT2D eigenvalue weighted by Gasteiger charge is 2.34. The zero-order chi connectivity index (χ0) is 15.0. The maximum atomic E-state index is 13.0. The van der Waals surface area contributed by atoms with Crippen molar-refractivity contribution in [2.45, 2.75) is 25.3 Å². The molecule has 2 atom stereocenters. The quantitative estimate of drug-likeness (QED) is 0.873. The van der Waals surface area contributed by atoms with Gasteiger partial charge < -0.3 is 4.90 Å². The summed E-state index contributed by atoms with van der Waals surface area (Å²) in [5, 5.41) is 5.86. The average molecular weight is 290 g/mol. The minimum atomic E-state index is -0.500. The molecule has 21 heavy (non-hydrogen) atoms. The zero-order valence-corrected chi connectivity index (χ0v) is 11.5. The molecule has 2 heterocycles. The average Bonchev–Trinajstić information content (AvgIpc) is 3.05. The van der Waals surface area contributed by atoms with Crippen molar-refractivity contribution in [1.29, 1.82) is 0 Å². The third-order valence-electron chi connectivity index (χ3n) is 3.88. The molecule has 1 amide bonds. The van der Waals surface area contributed by atoms with Crippen LogP contribution in [0.5, 0.6) is 0 Å². The molecule has 1 aromatic heterocycles. The lowest BCUT2D eigenvalue weighted by molar-refractivity contribution is 0.0734. The summed E-state index contributed by atoms with van der Waals surface area (Å²) in [7, 11) is 0. The van der Waals surface area contributed by atoms with E-state index in [2.05, 4.69) is 15.2 Å². The number of carbonyl (C=O) groups excluding carboxylic acids is 1. The number of nitrogens with zero attached hydrogens (tertiary/aromatic N) is 2. The van der Waals surface area contributed by atoms with Crippen LogP contribution in [-0.4, -0.2) is 38.6 Å². The van der Waals surface area contributed by atoms with Gasteiger partial charge in [0, 0.05) is 18.5 Å². The Balaban J connectivity index is 1.78. The summed E-state index contributed by atoms with van der Waals surface area (Å²) >= 11 is 0. The topological polar surface area (TPSA) is 81.8 Å². The Hall–Kier alpha value is -2.44. The van der Waals surface area contributed by atoms with E-state index in [1.165, 1.54) is 12.1 Å². The van der Waals surface area contributed by atoms with Crippen molar-refractivity contribution < 1.29 is 9.18 Å². The molecule has 0 radical (unpaired) electrons. The van der Waals surface area contributed by atoms with E-state index in [0.717, 1.165) is 12.0 Å². The Labute approximate surface area is 120 Å². The van der Waals surface area contributed by atoms with Gasteiger partial charge in [0.25, 0.3) is 5.91 Å². The highest BCUT2D eigenvalue weighted by atomic mass is 19.1. The largest absolute Gasteiger partial charge is 0.341 e. The molecule has 2 unspecified atom stereocenters. The molecule has 6 nitrogen and oxygen atoms in total. The fraction of sp³-hybridized carbons (Fsp3) is 0.357. The normalized spacial score (nSPS) is 21.7. The highest BCUT2D eigenvalue weighted by molar-refractivity contribution is 5.90. The maximum absolute atomic E-state index is 13.0. The molecule has 1 aliphatic heterocycles. The molecule has 3 rings (SSSR count). The van der Waals surface area contributed by atoms with Gasteiger partial charge in [0.1, 0.15) is 5.82 Å². The Morgan fingerprint density at radius 1 is 1.38 bits per heavy atom. The Morgan fingerprint density at radius 2 is 2.10 bits per heavy atom. The summed E-state index contributed by atoms with van der Waals surface area (Å²) in [4.78, 5) is 27.4. The van der Waals surface area contributed by atoms with Crippen LogP contribution in [0.2, 0.25) is 0 Å². The molecule has 1 saturated heterocycles. The summed E-state index contributed by atoms with van der Waals surface area (Å²) < 4.78 is 13.0. The van der Waals surface area contributed by atoms with Crippen molar-refractivity contribution >= 4 is 5.91 Å². The first-order valence-electron chi connectivity index (χ1n) is 6.75. The van der Waals surface area contributed by atoms with Gasteiger partial charge in [-0.05, 0) is 31.0 Å². The van der Waals surface area contributed by atoms with Gasteiger partial charge in [-0.3, -0.25) is 9.78 Å². The minimum absolute atomic E-state index is 0.0200.